The van der Waals surface area contributed by atoms with Gasteiger partial charge in [-0.05, 0) is 81.5 Å². The molecule has 5 aromatic carbocycles. The number of pyridine rings is 1. The van der Waals surface area contributed by atoms with Crippen LogP contribution in [0.2, 0.25) is 0 Å². The van der Waals surface area contributed by atoms with Gasteiger partial charge in [-0.2, -0.15) is 18.2 Å². The van der Waals surface area contributed by atoms with E-state index >= 15 is 0 Å². The Morgan fingerprint density at radius 1 is 0.789 bits per heavy atom. The molecule has 0 bridgehead atoms. The standard InChI is InChI=1S/C51H46N4O.Pt/c1-34-14-11-21-46-49(34)54(39-18-12-17-37(29-39)50(2,3)4)33-53(46)40-19-13-20-41(31-40)56-42-23-24-43-44-28-36(35-15-9-8-10-16-35)22-25-45(44)55(47(43)32-42)48-30-38(26-27-52-48)51(5,6)7;/h8-28,30,37H,29H2,1-7H3;/q-2;/t37-;/m0./s1/i1D3;. The van der Waals surface area contributed by atoms with Crippen molar-refractivity contribution < 1.29 is 34.5 Å². The van der Waals surface area contributed by atoms with Gasteiger partial charge in [-0.25, -0.2) is 4.98 Å². The first-order chi connectivity index (χ1) is 28.1. The minimum atomic E-state index is -2.33. The van der Waals surface area contributed by atoms with Gasteiger partial charge in [0, 0.05) is 54.1 Å². The third-order valence-electron chi connectivity index (χ3n) is 11.0. The van der Waals surface area contributed by atoms with Crippen molar-refractivity contribution >= 4 is 38.5 Å². The molecule has 0 saturated heterocycles. The molecule has 5 nitrogen and oxygen atoms in total. The Labute approximate surface area is 354 Å². The summed E-state index contributed by atoms with van der Waals surface area (Å²) in [6.45, 7) is 11.0. The zero-order valence-corrected chi connectivity index (χ0v) is 35.3. The third kappa shape index (κ3) is 7.19. The van der Waals surface area contributed by atoms with E-state index < -0.39 is 6.85 Å². The molecule has 1 atom stereocenters. The summed E-state index contributed by atoms with van der Waals surface area (Å²) in [5.74, 6) is 2.10. The largest absolute Gasteiger partial charge is 0.510 e. The van der Waals surface area contributed by atoms with Crippen molar-refractivity contribution in [3.8, 4) is 34.1 Å². The average molecular weight is 929 g/mol. The molecule has 1 aliphatic carbocycles. The summed E-state index contributed by atoms with van der Waals surface area (Å²) in [5.41, 5.74) is 8.56. The number of ether oxygens (including phenoxy) is 1. The number of hydrogen-bond acceptors (Lipinski definition) is 2. The molecule has 0 aliphatic heterocycles. The van der Waals surface area contributed by atoms with Crippen molar-refractivity contribution in [2.75, 3.05) is 0 Å². The van der Waals surface area contributed by atoms with Crippen LogP contribution in [0, 0.1) is 36.6 Å². The van der Waals surface area contributed by atoms with E-state index in [2.05, 4.69) is 143 Å². The van der Waals surface area contributed by atoms with Crippen LogP contribution in [-0.4, -0.2) is 14.1 Å². The minimum absolute atomic E-state index is 0. The van der Waals surface area contributed by atoms with Crippen molar-refractivity contribution in [1.82, 2.24) is 14.1 Å². The Hall–Kier alpha value is -5.51. The topological polar surface area (TPSA) is 35.9 Å². The predicted molar refractivity (Wildman–Crippen MR) is 228 cm³/mol. The molecule has 0 unspecified atom stereocenters. The minimum Gasteiger partial charge on any atom is -0.510 e. The summed E-state index contributed by atoms with van der Waals surface area (Å²) >= 11 is 0. The number of aryl methyl sites for hydroxylation is 1. The first-order valence-corrected chi connectivity index (χ1v) is 19.2. The van der Waals surface area contributed by atoms with Gasteiger partial charge < -0.3 is 13.9 Å². The summed E-state index contributed by atoms with van der Waals surface area (Å²) in [6, 6.07) is 43.5. The molecule has 3 aromatic heterocycles. The fourth-order valence-electron chi connectivity index (χ4n) is 7.75. The average Bonchev–Trinajstić information content (AvgIpc) is 3.76. The van der Waals surface area contributed by atoms with Crippen LogP contribution in [0.1, 0.15) is 63.2 Å². The Balaban J connectivity index is 0.00000499. The number of benzene rings is 5. The van der Waals surface area contributed by atoms with Gasteiger partial charge >= 0.3 is 0 Å². The molecule has 8 aromatic rings. The van der Waals surface area contributed by atoms with Crippen LogP contribution in [0.25, 0.3) is 61.2 Å². The first kappa shape index (κ1) is 34.7. The van der Waals surface area contributed by atoms with Gasteiger partial charge in [0.1, 0.15) is 5.82 Å². The van der Waals surface area contributed by atoms with Crippen LogP contribution in [-0.2, 0) is 26.5 Å². The number of allylic oxidation sites excluding steroid dienone is 4. The molecule has 57 heavy (non-hydrogen) atoms. The van der Waals surface area contributed by atoms with E-state index in [1.165, 1.54) is 5.56 Å². The third-order valence-corrected chi connectivity index (χ3v) is 11.0. The molecule has 9 rings (SSSR count). The van der Waals surface area contributed by atoms with Gasteiger partial charge in [0.05, 0.1) is 11.0 Å². The van der Waals surface area contributed by atoms with Crippen molar-refractivity contribution in [3.05, 3.63) is 163 Å². The van der Waals surface area contributed by atoms with E-state index in [0.29, 0.717) is 28.2 Å². The number of imidazole rings is 1. The van der Waals surface area contributed by atoms with E-state index in [0.717, 1.165) is 50.9 Å². The fraction of sp³-hybridized carbons (Fsp3) is 0.216. The molecule has 0 spiro atoms. The predicted octanol–water partition coefficient (Wildman–Crippen LogP) is 12.3. The van der Waals surface area contributed by atoms with Crippen molar-refractivity contribution in [2.45, 2.75) is 60.2 Å². The monoisotopic (exact) mass is 928 g/mol. The maximum atomic E-state index is 8.45. The van der Waals surface area contributed by atoms with E-state index in [9.17, 15) is 0 Å². The van der Waals surface area contributed by atoms with Crippen LogP contribution < -0.4 is 9.30 Å². The maximum Gasteiger partial charge on any atom is 0.267 e. The van der Waals surface area contributed by atoms with Crippen molar-refractivity contribution in [2.24, 2.45) is 11.3 Å². The molecule has 0 radical (unpaired) electrons. The Kier molecular flexibility index (Phi) is 9.00. The summed E-state index contributed by atoms with van der Waals surface area (Å²) in [6.07, 6.45) is 12.5. The Bertz CT molecular complexity index is 2960. The van der Waals surface area contributed by atoms with Gasteiger partial charge in [0.15, 0.2) is 0 Å². The second-order valence-electron chi connectivity index (χ2n) is 16.8. The van der Waals surface area contributed by atoms with Crippen molar-refractivity contribution in [1.29, 1.82) is 0 Å². The molecule has 0 fully saturated rings. The van der Waals surface area contributed by atoms with Crippen LogP contribution >= 0.6 is 0 Å². The second kappa shape index (κ2) is 14.8. The van der Waals surface area contributed by atoms with Gasteiger partial charge in [-0.1, -0.05) is 126 Å². The maximum absolute atomic E-state index is 8.45. The van der Waals surface area contributed by atoms with E-state index in [-0.39, 0.29) is 43.4 Å². The van der Waals surface area contributed by atoms with Crippen LogP contribution in [0.4, 0.5) is 0 Å². The summed E-state index contributed by atoms with van der Waals surface area (Å²) in [7, 11) is 0. The van der Waals surface area contributed by atoms with Crippen LogP contribution in [0.3, 0.4) is 0 Å². The van der Waals surface area contributed by atoms with Crippen LogP contribution in [0.5, 0.6) is 11.5 Å². The van der Waals surface area contributed by atoms with Gasteiger partial charge in [-0.3, -0.25) is 4.57 Å². The van der Waals surface area contributed by atoms with E-state index in [1.807, 2.05) is 51.7 Å². The van der Waals surface area contributed by atoms with Gasteiger partial charge in [0.25, 0.3) is 6.33 Å². The number of fused-ring (bicyclic) bond motifs is 4. The molecular weight excluding hydrogens is 880 g/mol. The summed E-state index contributed by atoms with van der Waals surface area (Å²) < 4.78 is 37.9. The molecule has 0 amide bonds. The van der Waals surface area contributed by atoms with Crippen molar-refractivity contribution in [3.63, 3.8) is 0 Å². The smallest absolute Gasteiger partial charge is 0.267 e. The quantitative estimate of drug-likeness (QED) is 0.123. The number of rotatable bonds is 6. The SMILES string of the molecule is [2H]C([2H])([2H])c1cccc2c1[n+](C1=CC=C[C@H](C(C)(C)C)C1)[c-]n2-c1[c-]c(Oc2[c-]c3c(cc2)c2cc(-c4ccccc4)ccc2n3-c2cc(C(C)(C)C)ccn2)ccc1.[Pt]. The van der Waals surface area contributed by atoms with Crippen LogP contribution in [0.15, 0.2) is 134 Å². The number of hydrogen-bond donors (Lipinski definition) is 0. The molecule has 0 N–H and O–H groups in total. The number of aromatic nitrogens is 4. The zero-order chi connectivity index (χ0) is 41.3. The molecule has 6 heteroatoms. The molecule has 1 aliphatic rings. The normalized spacial score (nSPS) is 15.6. The summed E-state index contributed by atoms with van der Waals surface area (Å²) in [4.78, 5) is 4.88. The number of nitrogens with zero attached hydrogens (tertiary/aromatic N) is 4. The summed E-state index contributed by atoms with van der Waals surface area (Å²) in [5, 5.41) is 2.13. The molecule has 3 heterocycles. The van der Waals surface area contributed by atoms with E-state index in [1.54, 1.807) is 12.1 Å². The second-order valence-corrected chi connectivity index (χ2v) is 16.8. The zero-order valence-electron chi connectivity index (χ0n) is 36.0. The van der Waals surface area contributed by atoms with Gasteiger partial charge in [0.2, 0.25) is 0 Å². The molecule has 288 valence electrons. The first-order valence-electron chi connectivity index (χ1n) is 20.7. The van der Waals surface area contributed by atoms with Gasteiger partial charge in [-0.15, -0.1) is 29.7 Å². The Morgan fingerprint density at radius 3 is 2.39 bits per heavy atom. The number of para-hydroxylation sites is 1. The molecule has 0 saturated carbocycles. The van der Waals surface area contributed by atoms with E-state index in [4.69, 9.17) is 13.8 Å². The Morgan fingerprint density at radius 2 is 1.60 bits per heavy atom. The molecular formula is C51H46N4OPt-2. The fourth-order valence-corrected chi connectivity index (χ4v) is 7.75.